The SMILES string of the molecule is C[C@@H](NC(=O)c1ccc(Br)cc1)c1ccc2c(c1)CCCC2. The molecular weight excluding hydrogens is 338 g/mol. The van der Waals surface area contributed by atoms with Crippen LogP contribution in [0.1, 0.15) is 52.9 Å². The molecule has 2 aromatic carbocycles. The van der Waals surface area contributed by atoms with Crippen LogP contribution in [0.5, 0.6) is 0 Å². The van der Waals surface area contributed by atoms with E-state index >= 15 is 0 Å². The molecule has 114 valence electrons. The number of benzene rings is 2. The molecule has 3 rings (SSSR count). The predicted octanol–water partition coefficient (Wildman–Crippen LogP) is 4.82. The highest BCUT2D eigenvalue weighted by Crippen LogP contribution is 2.25. The lowest BCUT2D eigenvalue weighted by atomic mass is 9.89. The van der Waals surface area contributed by atoms with Gasteiger partial charge in [-0.15, -0.1) is 0 Å². The van der Waals surface area contributed by atoms with Crippen LogP contribution in [0.4, 0.5) is 0 Å². The Morgan fingerprint density at radius 2 is 1.73 bits per heavy atom. The molecule has 0 saturated carbocycles. The largest absolute Gasteiger partial charge is 0.346 e. The minimum absolute atomic E-state index is 0.0170. The zero-order chi connectivity index (χ0) is 15.5. The molecule has 0 saturated heterocycles. The second kappa shape index (κ2) is 6.66. The van der Waals surface area contributed by atoms with E-state index in [1.807, 2.05) is 31.2 Å². The van der Waals surface area contributed by atoms with Crippen LogP contribution in [0.2, 0.25) is 0 Å². The average Bonchev–Trinajstić information content (AvgIpc) is 2.55. The van der Waals surface area contributed by atoms with E-state index in [9.17, 15) is 4.79 Å². The van der Waals surface area contributed by atoms with E-state index in [0.717, 1.165) is 10.9 Å². The maximum absolute atomic E-state index is 12.3. The topological polar surface area (TPSA) is 29.1 Å². The number of halogens is 1. The van der Waals surface area contributed by atoms with Crippen LogP contribution < -0.4 is 5.32 Å². The highest BCUT2D eigenvalue weighted by molar-refractivity contribution is 9.10. The van der Waals surface area contributed by atoms with E-state index in [1.54, 1.807) is 0 Å². The molecular formula is C19H20BrNO. The molecule has 22 heavy (non-hydrogen) atoms. The molecule has 0 bridgehead atoms. The van der Waals surface area contributed by atoms with Gasteiger partial charge in [0.2, 0.25) is 0 Å². The number of fused-ring (bicyclic) bond motifs is 1. The molecule has 1 atom stereocenters. The summed E-state index contributed by atoms with van der Waals surface area (Å²) >= 11 is 3.39. The van der Waals surface area contributed by atoms with Gasteiger partial charge in [-0.3, -0.25) is 4.79 Å². The van der Waals surface area contributed by atoms with Crippen molar-refractivity contribution in [2.45, 2.75) is 38.6 Å². The zero-order valence-electron chi connectivity index (χ0n) is 12.7. The minimum Gasteiger partial charge on any atom is -0.346 e. The fourth-order valence-corrected chi connectivity index (χ4v) is 3.25. The number of aryl methyl sites for hydroxylation is 2. The third-order valence-electron chi connectivity index (χ3n) is 4.33. The van der Waals surface area contributed by atoms with Gasteiger partial charge in [0.05, 0.1) is 6.04 Å². The predicted molar refractivity (Wildman–Crippen MR) is 93.1 cm³/mol. The summed E-state index contributed by atoms with van der Waals surface area (Å²) < 4.78 is 0.979. The van der Waals surface area contributed by atoms with Crippen LogP contribution in [0.25, 0.3) is 0 Å². The Labute approximate surface area is 140 Å². The minimum atomic E-state index is -0.0299. The van der Waals surface area contributed by atoms with Crippen molar-refractivity contribution in [3.8, 4) is 0 Å². The van der Waals surface area contributed by atoms with Crippen molar-refractivity contribution in [2.24, 2.45) is 0 Å². The molecule has 2 aromatic rings. The Kier molecular flexibility index (Phi) is 4.63. The van der Waals surface area contributed by atoms with Crippen LogP contribution in [0.3, 0.4) is 0 Å². The van der Waals surface area contributed by atoms with Gasteiger partial charge in [-0.05, 0) is 73.6 Å². The fraction of sp³-hybridized carbons (Fsp3) is 0.316. The number of carbonyl (C=O) groups is 1. The molecule has 1 amide bonds. The van der Waals surface area contributed by atoms with Crippen LogP contribution in [-0.2, 0) is 12.8 Å². The summed E-state index contributed by atoms with van der Waals surface area (Å²) in [4.78, 5) is 12.3. The molecule has 0 fully saturated rings. The average molecular weight is 358 g/mol. The maximum Gasteiger partial charge on any atom is 0.251 e. The van der Waals surface area contributed by atoms with Gasteiger partial charge < -0.3 is 5.32 Å². The van der Waals surface area contributed by atoms with Crippen molar-refractivity contribution in [3.63, 3.8) is 0 Å². The van der Waals surface area contributed by atoms with Gasteiger partial charge >= 0.3 is 0 Å². The number of nitrogens with one attached hydrogen (secondary N) is 1. The monoisotopic (exact) mass is 357 g/mol. The summed E-state index contributed by atoms with van der Waals surface area (Å²) in [5, 5.41) is 3.08. The van der Waals surface area contributed by atoms with Crippen molar-refractivity contribution in [1.82, 2.24) is 5.32 Å². The molecule has 1 aliphatic rings. The number of hydrogen-bond donors (Lipinski definition) is 1. The molecule has 2 nitrogen and oxygen atoms in total. The summed E-state index contributed by atoms with van der Waals surface area (Å²) in [6, 6.07) is 14.1. The third kappa shape index (κ3) is 3.41. The molecule has 0 heterocycles. The van der Waals surface area contributed by atoms with Gasteiger partial charge in [0.15, 0.2) is 0 Å². The molecule has 0 radical (unpaired) electrons. The molecule has 0 unspecified atom stereocenters. The van der Waals surface area contributed by atoms with E-state index < -0.39 is 0 Å². The van der Waals surface area contributed by atoms with Crippen LogP contribution in [-0.4, -0.2) is 5.91 Å². The lowest BCUT2D eigenvalue weighted by Gasteiger charge is -2.20. The van der Waals surface area contributed by atoms with Crippen LogP contribution >= 0.6 is 15.9 Å². The second-order valence-electron chi connectivity index (χ2n) is 5.94. The number of amides is 1. The van der Waals surface area contributed by atoms with Gasteiger partial charge in [-0.1, -0.05) is 34.1 Å². The van der Waals surface area contributed by atoms with E-state index in [-0.39, 0.29) is 11.9 Å². The Balaban J connectivity index is 1.72. The molecule has 0 spiro atoms. The first-order valence-corrected chi connectivity index (χ1v) is 8.61. The lowest BCUT2D eigenvalue weighted by molar-refractivity contribution is 0.0940. The second-order valence-corrected chi connectivity index (χ2v) is 6.85. The quantitative estimate of drug-likeness (QED) is 0.838. The van der Waals surface area contributed by atoms with Gasteiger partial charge in [0.25, 0.3) is 5.91 Å². The lowest BCUT2D eigenvalue weighted by Crippen LogP contribution is -2.26. The summed E-state index contributed by atoms with van der Waals surface area (Å²) in [7, 11) is 0. The first kappa shape index (κ1) is 15.3. The van der Waals surface area contributed by atoms with Gasteiger partial charge in [-0.25, -0.2) is 0 Å². The highest BCUT2D eigenvalue weighted by atomic mass is 79.9. The van der Waals surface area contributed by atoms with E-state index in [0.29, 0.717) is 5.56 Å². The van der Waals surface area contributed by atoms with Crippen molar-refractivity contribution in [2.75, 3.05) is 0 Å². The van der Waals surface area contributed by atoms with Crippen LogP contribution in [0.15, 0.2) is 46.9 Å². The molecule has 3 heteroatoms. The summed E-state index contributed by atoms with van der Waals surface area (Å²) in [6.45, 7) is 2.04. The Hall–Kier alpha value is -1.61. The summed E-state index contributed by atoms with van der Waals surface area (Å²) in [5.41, 5.74) is 4.80. The maximum atomic E-state index is 12.3. The Bertz CT molecular complexity index is 678. The summed E-state index contributed by atoms with van der Waals surface area (Å²) in [6.07, 6.45) is 4.92. The van der Waals surface area contributed by atoms with E-state index in [1.165, 1.54) is 36.0 Å². The smallest absolute Gasteiger partial charge is 0.251 e. The van der Waals surface area contributed by atoms with Gasteiger partial charge in [-0.2, -0.15) is 0 Å². The Morgan fingerprint density at radius 3 is 2.45 bits per heavy atom. The third-order valence-corrected chi connectivity index (χ3v) is 4.86. The zero-order valence-corrected chi connectivity index (χ0v) is 14.3. The van der Waals surface area contributed by atoms with E-state index in [4.69, 9.17) is 0 Å². The molecule has 0 aromatic heterocycles. The van der Waals surface area contributed by atoms with Crippen molar-refractivity contribution in [1.29, 1.82) is 0 Å². The first-order chi connectivity index (χ1) is 10.6. The first-order valence-electron chi connectivity index (χ1n) is 7.81. The van der Waals surface area contributed by atoms with Gasteiger partial charge in [0.1, 0.15) is 0 Å². The molecule has 1 N–H and O–H groups in total. The normalized spacial score (nSPS) is 15.0. The Morgan fingerprint density at radius 1 is 1.05 bits per heavy atom. The van der Waals surface area contributed by atoms with E-state index in [2.05, 4.69) is 39.4 Å². The summed E-state index contributed by atoms with van der Waals surface area (Å²) in [5.74, 6) is -0.0299. The highest BCUT2D eigenvalue weighted by Gasteiger charge is 2.14. The number of rotatable bonds is 3. The van der Waals surface area contributed by atoms with Crippen molar-refractivity contribution in [3.05, 3.63) is 69.2 Å². The van der Waals surface area contributed by atoms with Gasteiger partial charge in [0, 0.05) is 10.0 Å². The fourth-order valence-electron chi connectivity index (χ4n) is 2.99. The van der Waals surface area contributed by atoms with Crippen molar-refractivity contribution >= 4 is 21.8 Å². The number of carbonyl (C=O) groups excluding carboxylic acids is 1. The standard InChI is InChI=1S/C19H20BrNO/c1-13(21-19(22)15-8-10-18(20)11-9-15)16-7-6-14-4-2-3-5-17(14)12-16/h6-13H,2-5H2,1H3,(H,21,22)/t13-/m1/s1. The number of hydrogen-bond acceptors (Lipinski definition) is 1. The van der Waals surface area contributed by atoms with Crippen LogP contribution in [0, 0.1) is 0 Å². The van der Waals surface area contributed by atoms with Crippen molar-refractivity contribution < 1.29 is 4.79 Å². The molecule has 0 aliphatic heterocycles. The molecule has 1 aliphatic carbocycles.